The van der Waals surface area contributed by atoms with Gasteiger partial charge in [0.25, 0.3) is 0 Å². The molecule has 0 fully saturated rings. The van der Waals surface area contributed by atoms with Gasteiger partial charge in [0.05, 0.1) is 12.1 Å². The second-order valence-electron chi connectivity index (χ2n) is 5.58. The van der Waals surface area contributed by atoms with Crippen LogP contribution in [0.4, 0.5) is 8.78 Å². The van der Waals surface area contributed by atoms with E-state index in [1.807, 2.05) is 17.7 Å². The third-order valence-corrected chi connectivity index (χ3v) is 3.96. The minimum atomic E-state index is -0.784. The molecule has 0 radical (unpaired) electrons. The first-order chi connectivity index (χ1) is 12.5. The van der Waals surface area contributed by atoms with Gasteiger partial charge in [-0.15, -0.1) is 0 Å². The van der Waals surface area contributed by atoms with Crippen LogP contribution in [0.3, 0.4) is 0 Å². The van der Waals surface area contributed by atoms with E-state index < -0.39 is 17.6 Å². The molecule has 5 nitrogen and oxygen atoms in total. The lowest BCUT2D eigenvalue weighted by Crippen LogP contribution is -2.08. The molecule has 26 heavy (non-hydrogen) atoms. The third kappa shape index (κ3) is 3.37. The summed E-state index contributed by atoms with van der Waals surface area (Å²) in [5.74, 6) is -2.05. The molecule has 0 N–H and O–H groups in total. The van der Waals surface area contributed by atoms with Crippen LogP contribution in [0.25, 0.3) is 10.9 Å². The summed E-state index contributed by atoms with van der Waals surface area (Å²) in [6.45, 7) is 4.60. The summed E-state index contributed by atoms with van der Waals surface area (Å²) >= 11 is 0. The Morgan fingerprint density at radius 1 is 1.23 bits per heavy atom. The average Bonchev–Trinajstić information content (AvgIpc) is 2.99. The van der Waals surface area contributed by atoms with Crippen LogP contribution in [0.2, 0.25) is 0 Å². The van der Waals surface area contributed by atoms with Crippen molar-refractivity contribution in [3.8, 4) is 5.75 Å². The molecular formula is C19H18F2N2O3. The fourth-order valence-electron chi connectivity index (χ4n) is 2.80. The van der Waals surface area contributed by atoms with Crippen LogP contribution in [0.5, 0.6) is 5.75 Å². The van der Waals surface area contributed by atoms with Gasteiger partial charge in [-0.1, -0.05) is 0 Å². The summed E-state index contributed by atoms with van der Waals surface area (Å²) in [7, 11) is 0. The molecule has 0 spiro atoms. The molecule has 0 saturated heterocycles. The van der Waals surface area contributed by atoms with Gasteiger partial charge < -0.3 is 14.0 Å². The molecule has 7 heteroatoms. The van der Waals surface area contributed by atoms with E-state index in [-0.39, 0.29) is 24.7 Å². The molecule has 0 amide bonds. The maximum atomic E-state index is 13.8. The van der Waals surface area contributed by atoms with Crippen molar-refractivity contribution in [2.45, 2.75) is 27.0 Å². The van der Waals surface area contributed by atoms with Gasteiger partial charge in [0, 0.05) is 36.0 Å². The monoisotopic (exact) mass is 360 g/mol. The summed E-state index contributed by atoms with van der Waals surface area (Å²) in [5.41, 5.74) is 1.67. The number of rotatable bonds is 6. The fourth-order valence-corrected chi connectivity index (χ4v) is 2.80. The summed E-state index contributed by atoms with van der Waals surface area (Å²) in [4.78, 5) is 16.4. The van der Waals surface area contributed by atoms with Crippen LogP contribution in [-0.4, -0.2) is 22.1 Å². The smallest absolute Gasteiger partial charge is 0.357 e. The van der Waals surface area contributed by atoms with Crippen molar-refractivity contribution in [2.75, 3.05) is 6.61 Å². The first-order valence-corrected chi connectivity index (χ1v) is 8.26. The highest BCUT2D eigenvalue weighted by atomic mass is 19.1. The highest BCUT2D eigenvalue weighted by molar-refractivity contribution is 6.03. The van der Waals surface area contributed by atoms with E-state index in [0.29, 0.717) is 17.5 Å². The SMILES string of the molecule is CCOC(=O)c1nccc2c1c(COc1ccc(F)cc1F)cn2CC. The van der Waals surface area contributed by atoms with Gasteiger partial charge in [-0.2, -0.15) is 0 Å². The van der Waals surface area contributed by atoms with E-state index in [1.165, 1.54) is 6.07 Å². The van der Waals surface area contributed by atoms with Gasteiger partial charge in [-0.3, -0.25) is 0 Å². The third-order valence-electron chi connectivity index (χ3n) is 3.96. The van der Waals surface area contributed by atoms with Crippen molar-refractivity contribution in [3.05, 3.63) is 59.6 Å². The Hall–Kier alpha value is -2.96. The molecule has 0 aliphatic heterocycles. The molecular weight excluding hydrogens is 342 g/mol. The van der Waals surface area contributed by atoms with Gasteiger partial charge in [0.2, 0.25) is 0 Å². The fraction of sp³-hybridized carbons (Fsp3) is 0.263. The number of carbonyl (C=O) groups excluding carboxylic acids is 1. The molecule has 3 aromatic rings. The Morgan fingerprint density at radius 2 is 2.04 bits per heavy atom. The van der Waals surface area contributed by atoms with Crippen molar-refractivity contribution in [3.63, 3.8) is 0 Å². The van der Waals surface area contributed by atoms with Crippen LogP contribution in [0.15, 0.2) is 36.7 Å². The lowest BCUT2D eigenvalue weighted by atomic mass is 10.1. The van der Waals surface area contributed by atoms with Crippen LogP contribution in [0, 0.1) is 11.6 Å². The number of ether oxygens (including phenoxy) is 2. The summed E-state index contributed by atoms with van der Waals surface area (Å²) < 4.78 is 39.3. The highest BCUT2D eigenvalue weighted by Crippen LogP contribution is 2.27. The molecule has 2 aromatic heterocycles. The first-order valence-electron chi connectivity index (χ1n) is 8.26. The molecule has 2 heterocycles. The van der Waals surface area contributed by atoms with Gasteiger partial charge in [0.1, 0.15) is 12.4 Å². The standard InChI is InChI=1S/C19H18F2N2O3/c1-3-23-10-12(11-26-16-6-5-13(20)9-14(16)21)17-15(23)7-8-22-18(17)19(24)25-4-2/h5-10H,3-4,11H2,1-2H3. The normalized spacial score (nSPS) is 10.9. The lowest BCUT2D eigenvalue weighted by molar-refractivity contribution is 0.0522. The Balaban J connectivity index is 2.00. The molecule has 1 aromatic carbocycles. The van der Waals surface area contributed by atoms with Crippen LogP contribution >= 0.6 is 0 Å². The van der Waals surface area contributed by atoms with E-state index >= 15 is 0 Å². The zero-order chi connectivity index (χ0) is 18.7. The number of hydrogen-bond donors (Lipinski definition) is 0. The largest absolute Gasteiger partial charge is 0.486 e. The van der Waals surface area contributed by atoms with Gasteiger partial charge in [-0.05, 0) is 32.0 Å². The Kier molecular flexibility index (Phi) is 5.16. The van der Waals surface area contributed by atoms with Gasteiger partial charge in [-0.25, -0.2) is 18.6 Å². The van der Waals surface area contributed by atoms with Crippen molar-refractivity contribution < 1.29 is 23.0 Å². The van der Waals surface area contributed by atoms with E-state index in [4.69, 9.17) is 9.47 Å². The molecule has 0 aliphatic carbocycles. The highest BCUT2D eigenvalue weighted by Gasteiger charge is 2.19. The Labute approximate surface area is 149 Å². The molecule has 0 atom stereocenters. The number of carbonyl (C=O) groups is 1. The Bertz CT molecular complexity index is 953. The number of pyridine rings is 1. The maximum Gasteiger partial charge on any atom is 0.357 e. The minimum absolute atomic E-state index is 0.00412. The summed E-state index contributed by atoms with van der Waals surface area (Å²) in [6.07, 6.45) is 3.38. The zero-order valence-electron chi connectivity index (χ0n) is 14.5. The number of benzene rings is 1. The lowest BCUT2D eigenvalue weighted by Gasteiger charge is -2.08. The maximum absolute atomic E-state index is 13.8. The van der Waals surface area contributed by atoms with E-state index in [0.717, 1.165) is 17.6 Å². The van der Waals surface area contributed by atoms with E-state index in [9.17, 15) is 13.6 Å². The predicted molar refractivity (Wildman–Crippen MR) is 92.1 cm³/mol. The first kappa shape index (κ1) is 17.8. The van der Waals surface area contributed by atoms with Crippen molar-refractivity contribution in [1.29, 1.82) is 0 Å². The van der Waals surface area contributed by atoms with Crippen LogP contribution in [0.1, 0.15) is 29.9 Å². The van der Waals surface area contributed by atoms with E-state index in [2.05, 4.69) is 4.98 Å². The quantitative estimate of drug-likeness (QED) is 0.622. The molecule has 3 rings (SSSR count). The number of fused-ring (bicyclic) bond motifs is 1. The number of nitrogens with zero attached hydrogens (tertiary/aromatic N) is 2. The van der Waals surface area contributed by atoms with Gasteiger partial charge >= 0.3 is 5.97 Å². The van der Waals surface area contributed by atoms with Crippen molar-refractivity contribution in [1.82, 2.24) is 9.55 Å². The van der Waals surface area contributed by atoms with Crippen LogP contribution in [-0.2, 0) is 17.9 Å². The number of esters is 1. The zero-order valence-corrected chi connectivity index (χ0v) is 14.5. The molecule has 0 saturated carbocycles. The topological polar surface area (TPSA) is 53.4 Å². The molecule has 0 unspecified atom stereocenters. The number of aryl methyl sites for hydroxylation is 1. The summed E-state index contributed by atoms with van der Waals surface area (Å²) in [6, 6.07) is 4.91. The second kappa shape index (κ2) is 7.51. The second-order valence-corrected chi connectivity index (χ2v) is 5.58. The van der Waals surface area contributed by atoms with Crippen molar-refractivity contribution >= 4 is 16.9 Å². The van der Waals surface area contributed by atoms with Crippen LogP contribution < -0.4 is 4.74 Å². The average molecular weight is 360 g/mol. The van der Waals surface area contributed by atoms with Gasteiger partial charge in [0.15, 0.2) is 17.3 Å². The van der Waals surface area contributed by atoms with E-state index in [1.54, 1.807) is 19.2 Å². The number of halogens is 2. The minimum Gasteiger partial charge on any atom is -0.486 e. The molecule has 0 bridgehead atoms. The molecule has 136 valence electrons. The predicted octanol–water partition coefficient (Wildman–Crippen LogP) is 4.09. The number of aromatic nitrogens is 2. The van der Waals surface area contributed by atoms with Crippen molar-refractivity contribution in [2.24, 2.45) is 0 Å². The number of hydrogen-bond acceptors (Lipinski definition) is 4. The Morgan fingerprint density at radius 3 is 2.73 bits per heavy atom. The summed E-state index contributed by atoms with van der Waals surface area (Å²) in [5, 5.41) is 0.607. The molecule has 0 aliphatic rings.